The minimum absolute atomic E-state index is 0.341. The Labute approximate surface area is 185 Å². The van der Waals surface area contributed by atoms with Crippen molar-refractivity contribution >= 4 is 62.2 Å². The van der Waals surface area contributed by atoms with Crippen molar-refractivity contribution in [1.82, 2.24) is 0 Å². The van der Waals surface area contributed by atoms with Gasteiger partial charge in [-0.1, -0.05) is 62.5 Å². The number of carbonyl (C=O) groups is 1. The third-order valence-corrected chi connectivity index (χ3v) is 5.81. The van der Waals surface area contributed by atoms with Crippen molar-refractivity contribution in [3.63, 3.8) is 0 Å². The first-order chi connectivity index (χ1) is 14.0. The van der Waals surface area contributed by atoms with Crippen LogP contribution in [-0.4, -0.2) is 11.7 Å². The SMILES string of the molecule is O=C1Nc2ccc(Br)cc2[C@@]12ON=C(c1cccc(Cl)c1)N2c1cccc(Cl)c1. The van der Waals surface area contributed by atoms with Gasteiger partial charge in [0.25, 0.3) is 5.91 Å². The Balaban J connectivity index is 1.76. The molecule has 5 nitrogen and oxygen atoms in total. The molecule has 29 heavy (non-hydrogen) atoms. The zero-order valence-corrected chi connectivity index (χ0v) is 17.8. The van der Waals surface area contributed by atoms with Crippen LogP contribution in [0.2, 0.25) is 10.0 Å². The van der Waals surface area contributed by atoms with Crippen LogP contribution in [0.15, 0.2) is 76.4 Å². The minimum Gasteiger partial charge on any atom is -0.349 e. The lowest BCUT2D eigenvalue weighted by atomic mass is 10.00. The molecule has 144 valence electrons. The number of anilines is 2. The first kappa shape index (κ1) is 18.5. The summed E-state index contributed by atoms with van der Waals surface area (Å²) in [6.45, 7) is 0. The molecule has 0 aliphatic carbocycles. The fraction of sp³-hybridized carbons (Fsp3) is 0.0476. The number of nitrogens with one attached hydrogen (secondary N) is 1. The van der Waals surface area contributed by atoms with Crippen LogP contribution in [0, 0.1) is 0 Å². The van der Waals surface area contributed by atoms with Crippen LogP contribution in [0.25, 0.3) is 0 Å². The highest BCUT2D eigenvalue weighted by molar-refractivity contribution is 9.10. The molecule has 0 bridgehead atoms. The molecule has 0 saturated heterocycles. The maximum Gasteiger partial charge on any atom is 0.322 e. The summed E-state index contributed by atoms with van der Waals surface area (Å²) in [5, 5.41) is 8.29. The van der Waals surface area contributed by atoms with Crippen LogP contribution in [0.4, 0.5) is 11.4 Å². The van der Waals surface area contributed by atoms with Crippen molar-refractivity contribution in [2.45, 2.75) is 5.72 Å². The number of hydrogen-bond donors (Lipinski definition) is 1. The maximum atomic E-state index is 13.3. The molecular formula is C21H12BrCl2N3O2. The van der Waals surface area contributed by atoms with E-state index in [1.807, 2.05) is 42.5 Å². The lowest BCUT2D eigenvalue weighted by Gasteiger charge is -2.32. The van der Waals surface area contributed by atoms with Crippen molar-refractivity contribution in [2.24, 2.45) is 5.16 Å². The van der Waals surface area contributed by atoms with E-state index in [0.717, 1.165) is 4.47 Å². The largest absolute Gasteiger partial charge is 0.349 e. The van der Waals surface area contributed by atoms with Crippen molar-refractivity contribution in [3.05, 3.63) is 92.4 Å². The van der Waals surface area contributed by atoms with Crippen molar-refractivity contribution in [3.8, 4) is 0 Å². The van der Waals surface area contributed by atoms with Crippen molar-refractivity contribution in [1.29, 1.82) is 0 Å². The second-order valence-corrected chi connectivity index (χ2v) is 8.41. The monoisotopic (exact) mass is 487 g/mol. The summed E-state index contributed by atoms with van der Waals surface area (Å²) < 4.78 is 0.818. The van der Waals surface area contributed by atoms with E-state index in [0.29, 0.717) is 38.4 Å². The molecule has 5 rings (SSSR count). The van der Waals surface area contributed by atoms with Gasteiger partial charge >= 0.3 is 5.72 Å². The Kier molecular flexibility index (Phi) is 4.31. The van der Waals surface area contributed by atoms with E-state index < -0.39 is 5.72 Å². The van der Waals surface area contributed by atoms with Crippen molar-refractivity contribution in [2.75, 3.05) is 10.2 Å². The number of halogens is 3. The molecule has 0 saturated carbocycles. The van der Waals surface area contributed by atoms with Crippen molar-refractivity contribution < 1.29 is 9.63 Å². The standard InChI is InChI=1S/C21H12BrCl2N3O2/c22-13-7-8-18-17(10-13)21(20(28)25-18)27(16-6-2-5-15(24)11-16)19(26-29-21)12-3-1-4-14(23)9-12/h1-11H,(H,25,28)/t21-/m1/s1. The molecule has 2 heterocycles. The summed E-state index contributed by atoms with van der Waals surface area (Å²) >= 11 is 15.9. The van der Waals surface area contributed by atoms with Gasteiger partial charge in [0.1, 0.15) is 0 Å². The van der Waals surface area contributed by atoms with Gasteiger partial charge in [-0.2, -0.15) is 0 Å². The summed E-state index contributed by atoms with van der Waals surface area (Å²) in [4.78, 5) is 20.9. The Morgan fingerprint density at radius 3 is 2.52 bits per heavy atom. The highest BCUT2D eigenvalue weighted by Gasteiger charge is 2.60. The molecule has 1 N–H and O–H groups in total. The molecule has 0 aromatic heterocycles. The topological polar surface area (TPSA) is 53.9 Å². The summed E-state index contributed by atoms with van der Waals surface area (Å²) in [6, 6.07) is 20.0. The quantitative estimate of drug-likeness (QED) is 0.499. The van der Waals surface area contributed by atoms with Gasteiger partial charge in [-0.05, 0) is 48.5 Å². The van der Waals surface area contributed by atoms with Gasteiger partial charge in [-0.25, -0.2) is 0 Å². The molecule has 2 aliphatic rings. The molecule has 3 aromatic carbocycles. The predicted octanol–water partition coefficient (Wildman–Crippen LogP) is 5.76. The van der Waals surface area contributed by atoms with E-state index in [2.05, 4.69) is 26.4 Å². The van der Waals surface area contributed by atoms with Crippen LogP contribution in [0.1, 0.15) is 11.1 Å². The molecule has 0 radical (unpaired) electrons. The molecule has 0 fully saturated rings. The molecule has 2 aliphatic heterocycles. The number of hydrogen-bond acceptors (Lipinski definition) is 4. The Morgan fingerprint density at radius 2 is 1.76 bits per heavy atom. The van der Waals surface area contributed by atoms with Crippen LogP contribution in [0.3, 0.4) is 0 Å². The number of amides is 1. The molecule has 0 unspecified atom stereocenters. The van der Waals surface area contributed by atoms with Crippen LogP contribution < -0.4 is 10.2 Å². The van der Waals surface area contributed by atoms with E-state index in [1.165, 1.54) is 0 Å². The second kappa shape index (κ2) is 6.76. The average Bonchev–Trinajstić information content (AvgIpc) is 3.22. The average molecular weight is 489 g/mol. The van der Waals surface area contributed by atoms with Gasteiger partial charge in [0, 0.05) is 25.8 Å². The maximum absolute atomic E-state index is 13.3. The van der Waals surface area contributed by atoms with Gasteiger partial charge in [-0.3, -0.25) is 9.69 Å². The molecule has 3 aromatic rings. The summed E-state index contributed by atoms with van der Waals surface area (Å²) in [6.07, 6.45) is 0. The predicted molar refractivity (Wildman–Crippen MR) is 117 cm³/mol. The van der Waals surface area contributed by atoms with Gasteiger partial charge in [0.15, 0.2) is 5.84 Å². The molecular weight excluding hydrogens is 477 g/mol. The smallest absolute Gasteiger partial charge is 0.322 e. The van der Waals surface area contributed by atoms with Gasteiger partial charge in [-0.15, -0.1) is 0 Å². The van der Waals surface area contributed by atoms with E-state index in [1.54, 1.807) is 29.2 Å². The second-order valence-electron chi connectivity index (χ2n) is 6.62. The number of nitrogens with zero attached hydrogens (tertiary/aromatic N) is 2. The summed E-state index contributed by atoms with van der Waals surface area (Å²) in [5.41, 5.74) is 1.19. The Bertz CT molecular complexity index is 1200. The number of rotatable bonds is 2. The summed E-state index contributed by atoms with van der Waals surface area (Å²) in [5.74, 6) is 0.115. The molecule has 8 heteroatoms. The van der Waals surface area contributed by atoms with Gasteiger partial charge in [0.2, 0.25) is 0 Å². The van der Waals surface area contributed by atoms with Crippen LogP contribution in [-0.2, 0) is 15.4 Å². The van der Waals surface area contributed by atoms with Crippen LogP contribution in [0.5, 0.6) is 0 Å². The molecule has 1 atom stereocenters. The first-order valence-electron chi connectivity index (χ1n) is 8.68. The third-order valence-electron chi connectivity index (χ3n) is 4.84. The molecule has 1 spiro atoms. The van der Waals surface area contributed by atoms with E-state index in [-0.39, 0.29) is 5.91 Å². The number of carbonyl (C=O) groups excluding carboxylic acids is 1. The number of amidine groups is 1. The lowest BCUT2D eigenvalue weighted by molar-refractivity contribution is -0.137. The highest BCUT2D eigenvalue weighted by atomic mass is 79.9. The fourth-order valence-corrected chi connectivity index (χ4v) is 4.35. The fourth-order valence-electron chi connectivity index (χ4n) is 3.62. The van der Waals surface area contributed by atoms with Crippen LogP contribution >= 0.6 is 39.1 Å². The normalized spacial score (nSPS) is 19.8. The summed E-state index contributed by atoms with van der Waals surface area (Å²) in [7, 11) is 0. The minimum atomic E-state index is -1.50. The Morgan fingerprint density at radius 1 is 1.00 bits per heavy atom. The third kappa shape index (κ3) is 2.82. The van der Waals surface area contributed by atoms with Gasteiger partial charge in [0.05, 0.1) is 11.3 Å². The number of benzene rings is 3. The zero-order chi connectivity index (χ0) is 20.2. The first-order valence-corrected chi connectivity index (χ1v) is 10.2. The lowest BCUT2D eigenvalue weighted by Crippen LogP contribution is -2.51. The van der Waals surface area contributed by atoms with Gasteiger partial charge < -0.3 is 10.2 Å². The van der Waals surface area contributed by atoms with E-state index in [4.69, 9.17) is 28.0 Å². The highest BCUT2D eigenvalue weighted by Crippen LogP contribution is 2.48. The number of oxime groups is 1. The molecule has 1 amide bonds. The number of fused-ring (bicyclic) bond motifs is 2. The Hall–Kier alpha value is -2.54. The van der Waals surface area contributed by atoms with E-state index in [9.17, 15) is 4.79 Å². The van der Waals surface area contributed by atoms with E-state index >= 15 is 0 Å². The zero-order valence-electron chi connectivity index (χ0n) is 14.7.